The minimum atomic E-state index is -0.847. The van der Waals surface area contributed by atoms with Gasteiger partial charge >= 0.3 is 11.9 Å². The highest BCUT2D eigenvalue weighted by molar-refractivity contribution is 5.88. The van der Waals surface area contributed by atoms with Crippen LogP contribution in [0, 0.1) is 0 Å². The molecule has 0 unspecified atom stereocenters. The molecule has 7 nitrogen and oxygen atoms in total. The Morgan fingerprint density at radius 3 is 1.29 bits per heavy atom. The van der Waals surface area contributed by atoms with E-state index in [2.05, 4.69) is 9.80 Å². The summed E-state index contributed by atoms with van der Waals surface area (Å²) in [5.74, 6) is -1.69. The van der Waals surface area contributed by atoms with Crippen LogP contribution in [0.25, 0.3) is 0 Å². The first-order chi connectivity index (χ1) is 15.5. The number of halogens is 2. The van der Waals surface area contributed by atoms with E-state index in [1.807, 2.05) is 24.3 Å². The van der Waals surface area contributed by atoms with Gasteiger partial charge in [0.25, 0.3) is 0 Å². The van der Waals surface area contributed by atoms with E-state index < -0.39 is 11.9 Å². The summed E-state index contributed by atoms with van der Waals surface area (Å²) in [6, 6.07) is 14.5. The van der Waals surface area contributed by atoms with Crippen LogP contribution >= 0.6 is 24.8 Å². The lowest BCUT2D eigenvalue weighted by Crippen LogP contribution is -2.29. The van der Waals surface area contributed by atoms with Crippen LogP contribution in [-0.2, 0) is 13.1 Å². The van der Waals surface area contributed by atoms with E-state index in [0.29, 0.717) is 11.1 Å². The monoisotopic (exact) mass is 528 g/mol. The van der Waals surface area contributed by atoms with Gasteiger partial charge in [-0.2, -0.15) is 0 Å². The fourth-order valence-electron chi connectivity index (χ4n) is 4.36. The van der Waals surface area contributed by atoms with Crippen LogP contribution in [0.5, 0.6) is 0 Å². The number of piperidine rings is 2. The number of hydrogen-bond acceptors (Lipinski definition) is 4. The van der Waals surface area contributed by atoms with Crippen molar-refractivity contribution in [2.24, 2.45) is 0 Å². The van der Waals surface area contributed by atoms with E-state index in [4.69, 9.17) is 10.2 Å². The zero-order valence-corrected chi connectivity index (χ0v) is 21.7. The summed E-state index contributed by atoms with van der Waals surface area (Å²) in [6.45, 7) is 6.30. The maximum atomic E-state index is 10.8. The van der Waals surface area contributed by atoms with E-state index in [1.54, 1.807) is 24.3 Å². The molecule has 0 spiro atoms. The van der Waals surface area contributed by atoms with Gasteiger partial charge in [0.05, 0.1) is 11.1 Å². The number of nitrogens with zero attached hydrogens (tertiary/aromatic N) is 2. The number of hydrogen-bond donors (Lipinski definition) is 2. The maximum Gasteiger partial charge on any atom is 0.335 e. The summed E-state index contributed by atoms with van der Waals surface area (Å²) in [6.07, 6.45) is 7.70. The van der Waals surface area contributed by atoms with E-state index in [1.165, 1.54) is 38.5 Å². The number of carboxylic acids is 2. The highest BCUT2D eigenvalue weighted by atomic mass is 35.5. The normalized spacial score (nSPS) is 15.8. The molecule has 9 heteroatoms. The third-order valence-corrected chi connectivity index (χ3v) is 6.06. The summed E-state index contributed by atoms with van der Waals surface area (Å²) in [7, 11) is 0. The van der Waals surface area contributed by atoms with Crippen LogP contribution in [-0.4, -0.2) is 63.6 Å². The van der Waals surface area contributed by atoms with Gasteiger partial charge in [0, 0.05) is 13.1 Å². The lowest BCUT2D eigenvalue weighted by atomic mass is 10.1. The molecule has 0 bridgehead atoms. The van der Waals surface area contributed by atoms with Crippen molar-refractivity contribution in [1.29, 1.82) is 0 Å². The van der Waals surface area contributed by atoms with Crippen molar-refractivity contribution in [1.82, 2.24) is 9.80 Å². The average Bonchev–Trinajstić information content (AvgIpc) is 2.81. The molecule has 2 fully saturated rings. The summed E-state index contributed by atoms with van der Waals surface area (Å²) in [4.78, 5) is 26.5. The summed E-state index contributed by atoms with van der Waals surface area (Å²) >= 11 is 0. The molecule has 2 heterocycles. The molecular formula is C26H38Cl2N2O5. The molecule has 4 N–H and O–H groups in total. The Hall–Kier alpha value is -2.16. The second kappa shape index (κ2) is 17.3. The van der Waals surface area contributed by atoms with Gasteiger partial charge in [0.15, 0.2) is 0 Å². The summed E-state index contributed by atoms with van der Waals surface area (Å²) < 4.78 is 0. The van der Waals surface area contributed by atoms with Crippen molar-refractivity contribution in [2.75, 3.05) is 26.2 Å². The van der Waals surface area contributed by atoms with Gasteiger partial charge in [-0.25, -0.2) is 9.59 Å². The molecule has 0 aromatic heterocycles. The number of aromatic carboxylic acids is 2. The molecule has 0 atom stereocenters. The van der Waals surface area contributed by atoms with Gasteiger partial charge in [0.1, 0.15) is 0 Å². The van der Waals surface area contributed by atoms with Gasteiger partial charge in [-0.3, -0.25) is 9.80 Å². The number of benzene rings is 2. The predicted octanol–water partition coefficient (Wildman–Crippen LogP) is 4.76. The Balaban J connectivity index is 0.000000608. The van der Waals surface area contributed by atoms with Crippen LogP contribution in [0.15, 0.2) is 48.5 Å². The van der Waals surface area contributed by atoms with E-state index in [-0.39, 0.29) is 30.3 Å². The maximum absolute atomic E-state index is 10.8. The molecule has 196 valence electrons. The third kappa shape index (κ3) is 11.4. The molecule has 2 aromatic rings. The highest BCUT2D eigenvalue weighted by Gasteiger charge is 2.12. The van der Waals surface area contributed by atoms with Crippen LogP contribution in [0.1, 0.15) is 70.4 Å². The third-order valence-electron chi connectivity index (χ3n) is 6.06. The molecule has 35 heavy (non-hydrogen) atoms. The first-order valence-electron chi connectivity index (χ1n) is 11.6. The van der Waals surface area contributed by atoms with Gasteiger partial charge in [-0.05, 0) is 87.3 Å². The molecule has 0 saturated carbocycles. The van der Waals surface area contributed by atoms with Crippen molar-refractivity contribution in [3.63, 3.8) is 0 Å². The Bertz CT molecular complexity index is 827. The molecule has 4 rings (SSSR count). The van der Waals surface area contributed by atoms with Gasteiger partial charge < -0.3 is 15.7 Å². The largest absolute Gasteiger partial charge is 0.478 e. The molecule has 0 radical (unpaired) electrons. The van der Waals surface area contributed by atoms with Crippen LogP contribution in [0.3, 0.4) is 0 Å². The quantitative estimate of drug-likeness (QED) is 0.558. The zero-order valence-electron chi connectivity index (χ0n) is 20.0. The Labute approximate surface area is 220 Å². The van der Waals surface area contributed by atoms with Crippen molar-refractivity contribution < 1.29 is 25.3 Å². The minimum Gasteiger partial charge on any atom is -0.478 e. The fourth-order valence-corrected chi connectivity index (χ4v) is 4.36. The number of carbonyl (C=O) groups is 2. The first-order valence-corrected chi connectivity index (χ1v) is 11.6. The molecule has 0 amide bonds. The SMILES string of the molecule is Cl.Cl.O.O=C(O)c1cccc(CN2CCCCC2)c1.O=C(O)c1cccc(CN2CCCCC2)c1. The Morgan fingerprint density at radius 1 is 0.629 bits per heavy atom. The van der Waals surface area contributed by atoms with Crippen molar-refractivity contribution in [3.8, 4) is 0 Å². The topological polar surface area (TPSA) is 113 Å². The smallest absolute Gasteiger partial charge is 0.335 e. The lowest BCUT2D eigenvalue weighted by Gasteiger charge is -2.26. The van der Waals surface area contributed by atoms with Gasteiger partial charge in [0.2, 0.25) is 0 Å². The zero-order chi connectivity index (χ0) is 22.8. The van der Waals surface area contributed by atoms with E-state index >= 15 is 0 Å². The minimum absolute atomic E-state index is 0. The summed E-state index contributed by atoms with van der Waals surface area (Å²) in [5.41, 5.74) is 2.97. The van der Waals surface area contributed by atoms with Crippen molar-refractivity contribution >= 4 is 36.8 Å². The fraction of sp³-hybridized carbons (Fsp3) is 0.462. The molecular weight excluding hydrogens is 491 g/mol. The van der Waals surface area contributed by atoms with Crippen molar-refractivity contribution in [3.05, 3.63) is 70.8 Å². The molecule has 2 aromatic carbocycles. The predicted molar refractivity (Wildman–Crippen MR) is 143 cm³/mol. The first kappa shape index (κ1) is 32.8. The van der Waals surface area contributed by atoms with Crippen LogP contribution in [0.2, 0.25) is 0 Å². The van der Waals surface area contributed by atoms with Crippen LogP contribution in [0.4, 0.5) is 0 Å². The molecule has 0 aliphatic carbocycles. The Kier molecular flexibility index (Phi) is 16.2. The van der Waals surface area contributed by atoms with Crippen molar-refractivity contribution in [2.45, 2.75) is 51.6 Å². The van der Waals surface area contributed by atoms with E-state index in [9.17, 15) is 9.59 Å². The van der Waals surface area contributed by atoms with E-state index in [0.717, 1.165) is 50.4 Å². The average molecular weight is 530 g/mol. The number of likely N-dealkylation sites (tertiary alicyclic amines) is 2. The number of carboxylic acid groups (broad SMARTS) is 2. The highest BCUT2D eigenvalue weighted by Crippen LogP contribution is 2.15. The standard InChI is InChI=1S/2C13H17NO2.2ClH.H2O/c2*15-13(16)12-6-4-5-11(9-12)10-14-7-2-1-3-8-14;;;/h2*4-6,9H,1-3,7-8,10H2,(H,15,16);2*1H;1H2. The molecule has 2 aliphatic heterocycles. The second-order valence-electron chi connectivity index (χ2n) is 8.68. The summed E-state index contributed by atoms with van der Waals surface area (Å²) in [5, 5.41) is 17.8. The molecule has 2 aliphatic rings. The lowest BCUT2D eigenvalue weighted by molar-refractivity contribution is 0.0686. The molecule has 2 saturated heterocycles. The van der Waals surface area contributed by atoms with Crippen LogP contribution < -0.4 is 0 Å². The Morgan fingerprint density at radius 2 is 0.971 bits per heavy atom. The van der Waals surface area contributed by atoms with Gasteiger partial charge in [-0.1, -0.05) is 37.1 Å². The van der Waals surface area contributed by atoms with Gasteiger partial charge in [-0.15, -0.1) is 24.8 Å². The number of rotatable bonds is 6. The second-order valence-corrected chi connectivity index (χ2v) is 8.68.